The summed E-state index contributed by atoms with van der Waals surface area (Å²) in [6, 6.07) is 8.75. The third-order valence-corrected chi connectivity index (χ3v) is 8.95. The number of sulfone groups is 1. The molecule has 0 aliphatic heterocycles. The molecule has 0 radical (unpaired) electrons. The van der Waals surface area contributed by atoms with Crippen molar-refractivity contribution in [3.05, 3.63) is 76.3 Å². The number of carbonyl (C=O) groups excluding carboxylic acids is 2. The molecule has 3 aromatic carbocycles. The third kappa shape index (κ3) is 5.82. The van der Waals surface area contributed by atoms with Gasteiger partial charge in [-0.3, -0.25) is 18.7 Å². The van der Waals surface area contributed by atoms with Gasteiger partial charge >= 0.3 is 16.4 Å². The average molecular weight is 627 g/mol. The molecule has 0 heterocycles. The van der Waals surface area contributed by atoms with E-state index < -0.39 is 104 Å². The zero-order valence-corrected chi connectivity index (χ0v) is 22.7. The number of rotatable bonds is 9. The number of anilines is 3. The van der Waals surface area contributed by atoms with E-state index in [9.17, 15) is 49.3 Å². The molecule has 18 heteroatoms. The molecule has 0 saturated heterocycles. The second kappa shape index (κ2) is 10.3. The van der Waals surface area contributed by atoms with Crippen LogP contribution in [0.2, 0.25) is 0 Å². The van der Waals surface area contributed by atoms with Crippen molar-refractivity contribution in [2.24, 2.45) is 0 Å². The Hall–Kier alpha value is -4.20. The maximum absolute atomic E-state index is 13.5. The third-order valence-electron chi connectivity index (χ3n) is 5.91. The predicted molar refractivity (Wildman–Crippen MR) is 140 cm³/mol. The second-order valence-corrected chi connectivity index (χ2v) is 13.1. The molecule has 0 bridgehead atoms. The van der Waals surface area contributed by atoms with Crippen LogP contribution in [0.4, 0.5) is 17.1 Å². The van der Waals surface area contributed by atoms with Crippen LogP contribution in [0.5, 0.6) is 0 Å². The second-order valence-electron chi connectivity index (χ2n) is 8.47. The number of hydrogen-bond acceptors (Lipinski definition) is 12. The number of aromatic carboxylic acids is 1. The summed E-state index contributed by atoms with van der Waals surface area (Å²) < 4.78 is 93.6. The van der Waals surface area contributed by atoms with Gasteiger partial charge in [0.05, 0.1) is 51.0 Å². The molecule has 0 spiro atoms. The summed E-state index contributed by atoms with van der Waals surface area (Å²) in [6.07, 6.45) is 0. The fourth-order valence-corrected chi connectivity index (χ4v) is 6.28. The lowest BCUT2D eigenvalue weighted by Gasteiger charge is -2.24. The number of nitrogen functional groups attached to an aromatic ring is 1. The summed E-state index contributed by atoms with van der Waals surface area (Å²) >= 11 is 0. The van der Waals surface area contributed by atoms with Gasteiger partial charge in [-0.1, -0.05) is 24.3 Å². The first-order valence-electron chi connectivity index (χ1n) is 11.0. The Balaban J connectivity index is 1.92. The summed E-state index contributed by atoms with van der Waals surface area (Å²) in [5.74, 6) is -4.23. The summed E-state index contributed by atoms with van der Waals surface area (Å²) in [5.41, 5.74) is 2.36. The molecule has 0 amide bonds. The Kier molecular flexibility index (Phi) is 7.50. The molecule has 0 fully saturated rings. The molecule has 4 rings (SSSR count). The lowest BCUT2D eigenvalue weighted by Crippen LogP contribution is -2.25. The number of carbonyl (C=O) groups is 3. The van der Waals surface area contributed by atoms with Gasteiger partial charge in [0.2, 0.25) is 0 Å². The first kappa shape index (κ1) is 29.8. The van der Waals surface area contributed by atoms with Gasteiger partial charge in [-0.2, -0.15) is 16.8 Å². The van der Waals surface area contributed by atoms with Gasteiger partial charge in [0.1, 0.15) is 4.90 Å². The largest absolute Gasteiger partial charge is 0.478 e. The summed E-state index contributed by atoms with van der Waals surface area (Å²) in [6.45, 7) is -0.982. The number of hydrogen-bond donors (Lipinski definition) is 5. The average Bonchev–Trinajstić information content (AvgIpc) is 2.86. The van der Waals surface area contributed by atoms with E-state index in [2.05, 4.69) is 9.50 Å². The van der Waals surface area contributed by atoms with Gasteiger partial charge in [-0.05, 0) is 24.3 Å². The quantitative estimate of drug-likeness (QED) is 0.130. The molecule has 1 aliphatic carbocycles. The van der Waals surface area contributed by atoms with E-state index in [0.29, 0.717) is 6.07 Å². The highest BCUT2D eigenvalue weighted by atomic mass is 32.3. The van der Waals surface area contributed by atoms with E-state index in [4.69, 9.17) is 10.3 Å². The molecule has 0 saturated carbocycles. The number of benzene rings is 3. The standard InChI is InChI=1S/C23H18N2O13S3/c24-20-17(40(32,33)34)10-16(18-19(20)22(27)13-4-2-1-3-12(13)21(18)26)25-15-9-11(5-6-14(15)23(28)29)39(30,31)8-7-38-41(35,36)37/h1-6,9-10,25H,7-8,24H2,(H,28,29)(H,32,33,34)(H,35,36,37). The van der Waals surface area contributed by atoms with Crippen molar-refractivity contribution in [1.82, 2.24) is 0 Å². The van der Waals surface area contributed by atoms with Crippen LogP contribution >= 0.6 is 0 Å². The molecule has 0 unspecified atom stereocenters. The molecule has 0 atom stereocenters. The van der Waals surface area contributed by atoms with Crippen molar-refractivity contribution in [2.45, 2.75) is 9.79 Å². The maximum Gasteiger partial charge on any atom is 0.397 e. The van der Waals surface area contributed by atoms with E-state index in [1.165, 1.54) is 24.3 Å². The van der Waals surface area contributed by atoms with Gasteiger partial charge in [-0.15, -0.1) is 0 Å². The van der Waals surface area contributed by atoms with Crippen LogP contribution in [0, 0.1) is 0 Å². The minimum Gasteiger partial charge on any atom is -0.478 e. The summed E-state index contributed by atoms with van der Waals surface area (Å²) in [7, 11) is -14.4. The first-order valence-corrected chi connectivity index (χ1v) is 15.5. The predicted octanol–water partition coefficient (Wildman–Crippen LogP) is 1.33. The lowest BCUT2D eigenvalue weighted by molar-refractivity contribution is 0.0697. The Bertz CT molecular complexity index is 1980. The number of ketones is 2. The summed E-state index contributed by atoms with van der Waals surface area (Å²) in [4.78, 5) is 37.2. The Morgan fingerprint density at radius 3 is 1.98 bits per heavy atom. The van der Waals surface area contributed by atoms with Gasteiger partial charge in [0.25, 0.3) is 10.1 Å². The van der Waals surface area contributed by atoms with Crippen molar-refractivity contribution in [3.63, 3.8) is 0 Å². The topological polar surface area (TPSA) is 262 Å². The van der Waals surface area contributed by atoms with Crippen LogP contribution in [-0.2, 0) is 34.5 Å². The number of carboxylic acid groups (broad SMARTS) is 1. The van der Waals surface area contributed by atoms with Gasteiger partial charge in [0, 0.05) is 11.1 Å². The van der Waals surface area contributed by atoms with E-state index >= 15 is 0 Å². The van der Waals surface area contributed by atoms with E-state index in [0.717, 1.165) is 18.2 Å². The highest BCUT2D eigenvalue weighted by Gasteiger charge is 2.36. The number of nitrogens with two attached hydrogens (primary N) is 1. The van der Waals surface area contributed by atoms with E-state index in [-0.39, 0.29) is 11.1 Å². The van der Waals surface area contributed by atoms with Crippen LogP contribution in [0.15, 0.2) is 58.3 Å². The highest BCUT2D eigenvalue weighted by molar-refractivity contribution is 7.91. The van der Waals surface area contributed by atoms with Gasteiger partial charge in [0.15, 0.2) is 21.4 Å². The minimum absolute atomic E-state index is 0.0827. The molecule has 0 aromatic heterocycles. The van der Waals surface area contributed by atoms with Crippen LogP contribution in [0.25, 0.3) is 0 Å². The molecule has 216 valence electrons. The zero-order chi connectivity index (χ0) is 30.5. The lowest BCUT2D eigenvalue weighted by atomic mass is 9.82. The molecule has 1 aliphatic rings. The fraction of sp³-hybridized carbons (Fsp3) is 0.0870. The first-order chi connectivity index (χ1) is 18.9. The zero-order valence-electron chi connectivity index (χ0n) is 20.3. The number of fused-ring (bicyclic) bond motifs is 2. The van der Waals surface area contributed by atoms with Gasteiger partial charge < -0.3 is 16.2 Å². The minimum atomic E-state index is -5.10. The van der Waals surface area contributed by atoms with Crippen molar-refractivity contribution < 1.29 is 58.0 Å². The Morgan fingerprint density at radius 2 is 1.44 bits per heavy atom. The molecule has 3 aromatic rings. The van der Waals surface area contributed by atoms with Crippen molar-refractivity contribution >= 4 is 65.0 Å². The maximum atomic E-state index is 13.5. The monoisotopic (exact) mass is 626 g/mol. The van der Waals surface area contributed by atoms with Gasteiger partial charge in [-0.25, -0.2) is 17.4 Å². The smallest absolute Gasteiger partial charge is 0.397 e. The van der Waals surface area contributed by atoms with Crippen LogP contribution in [0.1, 0.15) is 42.2 Å². The summed E-state index contributed by atoms with van der Waals surface area (Å²) in [5, 5.41) is 12.2. The number of carboxylic acids is 1. The molecular weight excluding hydrogens is 608 g/mol. The van der Waals surface area contributed by atoms with Crippen LogP contribution < -0.4 is 11.1 Å². The van der Waals surface area contributed by atoms with Crippen molar-refractivity contribution in [1.29, 1.82) is 0 Å². The van der Waals surface area contributed by atoms with Crippen LogP contribution in [0.3, 0.4) is 0 Å². The van der Waals surface area contributed by atoms with E-state index in [1.54, 1.807) is 0 Å². The SMILES string of the molecule is Nc1c(S(=O)(=O)O)cc(Nc2cc(S(=O)(=O)CCOS(=O)(=O)O)ccc2C(=O)O)c2c1C(=O)c1ccccc1C2=O. The fourth-order valence-electron chi connectivity index (χ4n) is 4.12. The molecular formula is C23H18N2O13S3. The van der Waals surface area contributed by atoms with Crippen molar-refractivity contribution in [2.75, 3.05) is 23.4 Å². The molecule has 15 nitrogen and oxygen atoms in total. The van der Waals surface area contributed by atoms with Crippen molar-refractivity contribution in [3.8, 4) is 0 Å². The van der Waals surface area contributed by atoms with E-state index in [1.807, 2.05) is 0 Å². The normalized spacial score (nSPS) is 13.4. The van der Waals surface area contributed by atoms with Crippen LogP contribution in [-0.4, -0.2) is 69.4 Å². The highest BCUT2D eigenvalue weighted by Crippen LogP contribution is 2.40. The Labute approximate surface area is 232 Å². The number of nitrogens with one attached hydrogen (secondary N) is 1. The molecule has 41 heavy (non-hydrogen) atoms. The Morgan fingerprint density at radius 1 is 0.854 bits per heavy atom. The molecule has 6 N–H and O–H groups in total.